The van der Waals surface area contributed by atoms with Gasteiger partial charge in [0.25, 0.3) is 5.91 Å². The fourth-order valence-corrected chi connectivity index (χ4v) is 2.52. The second kappa shape index (κ2) is 7.31. The Morgan fingerprint density at radius 3 is 2.64 bits per heavy atom. The van der Waals surface area contributed by atoms with Gasteiger partial charge in [0.1, 0.15) is 18.1 Å². The summed E-state index contributed by atoms with van der Waals surface area (Å²) in [5, 5.41) is 5.53. The third-order valence-corrected chi connectivity index (χ3v) is 3.76. The lowest BCUT2D eigenvalue weighted by Gasteiger charge is -2.12. The summed E-state index contributed by atoms with van der Waals surface area (Å²) in [5.41, 5.74) is 1.50. The fraction of sp³-hybridized carbons (Fsp3) is 0.111. The van der Waals surface area contributed by atoms with Crippen molar-refractivity contribution in [1.29, 1.82) is 0 Å². The summed E-state index contributed by atoms with van der Waals surface area (Å²) >= 11 is 4.90. The van der Waals surface area contributed by atoms with Gasteiger partial charge in [-0.25, -0.2) is 4.39 Å². The van der Waals surface area contributed by atoms with Crippen LogP contribution in [0.1, 0.15) is 11.1 Å². The Kier molecular flexibility index (Phi) is 4.95. The number of methoxy groups -OCH3 is 1. The van der Waals surface area contributed by atoms with Gasteiger partial charge >= 0.3 is 0 Å². The number of rotatable bonds is 5. The topological polar surface area (TPSA) is 59.6 Å². The molecule has 0 spiro atoms. The van der Waals surface area contributed by atoms with E-state index in [1.54, 1.807) is 42.5 Å². The second-order valence-corrected chi connectivity index (χ2v) is 5.66. The standard InChI is InChI=1S/C18H15FN2O3S/c1-23-15-7-6-11(8-14-17(22)21-18(25)20-14)9-16(15)24-10-12-4-2-3-5-13(12)19/h2-9H,10H2,1H3,(H2,20,21,22,25)/b14-8+. The Hall–Kier alpha value is -2.93. The van der Waals surface area contributed by atoms with Crippen molar-refractivity contribution in [2.75, 3.05) is 7.11 Å². The van der Waals surface area contributed by atoms with E-state index in [1.165, 1.54) is 13.2 Å². The highest BCUT2D eigenvalue weighted by molar-refractivity contribution is 7.80. The smallest absolute Gasteiger partial charge is 0.273 e. The average Bonchev–Trinajstić information content (AvgIpc) is 2.91. The third-order valence-electron chi connectivity index (χ3n) is 3.56. The lowest BCUT2D eigenvalue weighted by Crippen LogP contribution is -2.21. The van der Waals surface area contributed by atoms with Crippen molar-refractivity contribution in [2.45, 2.75) is 6.61 Å². The lowest BCUT2D eigenvalue weighted by molar-refractivity contribution is -0.115. The van der Waals surface area contributed by atoms with Crippen LogP contribution in [0.25, 0.3) is 6.08 Å². The van der Waals surface area contributed by atoms with E-state index in [1.807, 2.05) is 0 Å². The zero-order valence-electron chi connectivity index (χ0n) is 13.3. The number of benzene rings is 2. The molecule has 5 nitrogen and oxygen atoms in total. The number of thiocarbonyl (C=S) groups is 1. The first kappa shape index (κ1) is 16.9. The minimum absolute atomic E-state index is 0.0614. The highest BCUT2D eigenvalue weighted by Crippen LogP contribution is 2.30. The summed E-state index contributed by atoms with van der Waals surface area (Å²) in [6, 6.07) is 11.6. The Morgan fingerprint density at radius 2 is 1.96 bits per heavy atom. The normalized spacial score (nSPS) is 15.0. The van der Waals surface area contributed by atoms with E-state index >= 15 is 0 Å². The molecule has 0 atom stereocenters. The number of ether oxygens (including phenoxy) is 2. The van der Waals surface area contributed by atoms with E-state index in [0.717, 1.165) is 0 Å². The summed E-state index contributed by atoms with van der Waals surface area (Å²) in [6.45, 7) is 0.0614. The molecule has 0 bridgehead atoms. The van der Waals surface area contributed by atoms with Gasteiger partial charge in [-0.1, -0.05) is 24.3 Å². The number of amides is 1. The van der Waals surface area contributed by atoms with E-state index in [4.69, 9.17) is 21.7 Å². The van der Waals surface area contributed by atoms with Crippen LogP contribution < -0.4 is 20.1 Å². The van der Waals surface area contributed by atoms with E-state index < -0.39 is 0 Å². The molecule has 0 unspecified atom stereocenters. The molecule has 0 radical (unpaired) electrons. The maximum Gasteiger partial charge on any atom is 0.273 e. The monoisotopic (exact) mass is 358 g/mol. The Balaban J connectivity index is 1.83. The van der Waals surface area contributed by atoms with Crippen molar-refractivity contribution < 1.29 is 18.7 Å². The van der Waals surface area contributed by atoms with Crippen LogP contribution >= 0.6 is 12.2 Å². The van der Waals surface area contributed by atoms with E-state index in [-0.39, 0.29) is 23.4 Å². The molecule has 2 aromatic rings. The molecule has 7 heteroatoms. The summed E-state index contributed by atoms with van der Waals surface area (Å²) in [4.78, 5) is 11.7. The molecular weight excluding hydrogens is 343 g/mol. The van der Waals surface area contributed by atoms with E-state index in [0.29, 0.717) is 28.3 Å². The van der Waals surface area contributed by atoms with Crippen molar-refractivity contribution in [3.8, 4) is 11.5 Å². The van der Waals surface area contributed by atoms with Crippen LogP contribution in [-0.2, 0) is 11.4 Å². The van der Waals surface area contributed by atoms with Crippen molar-refractivity contribution in [2.24, 2.45) is 0 Å². The highest BCUT2D eigenvalue weighted by Gasteiger charge is 2.20. The third kappa shape index (κ3) is 3.95. The number of halogens is 1. The van der Waals surface area contributed by atoms with Crippen LogP contribution in [0.5, 0.6) is 11.5 Å². The van der Waals surface area contributed by atoms with Crippen molar-refractivity contribution in [3.63, 3.8) is 0 Å². The van der Waals surface area contributed by atoms with Gasteiger partial charge in [0.15, 0.2) is 16.6 Å². The SMILES string of the molecule is COc1ccc(/C=C2/NC(=S)NC2=O)cc1OCc1ccccc1F. The summed E-state index contributed by atoms with van der Waals surface area (Å²) in [6.07, 6.45) is 1.64. The van der Waals surface area contributed by atoms with Gasteiger partial charge < -0.3 is 14.8 Å². The van der Waals surface area contributed by atoms with Crippen molar-refractivity contribution >= 4 is 29.3 Å². The van der Waals surface area contributed by atoms with Crippen LogP contribution in [0.3, 0.4) is 0 Å². The first-order valence-electron chi connectivity index (χ1n) is 7.45. The molecule has 0 aliphatic carbocycles. The first-order chi connectivity index (χ1) is 12.1. The molecule has 1 saturated heterocycles. The van der Waals surface area contributed by atoms with Crippen LogP contribution in [0.2, 0.25) is 0 Å². The van der Waals surface area contributed by atoms with Crippen molar-refractivity contribution in [3.05, 3.63) is 65.1 Å². The molecule has 3 rings (SSSR count). The van der Waals surface area contributed by atoms with E-state index in [2.05, 4.69) is 10.6 Å². The maximum atomic E-state index is 13.7. The molecule has 1 heterocycles. The molecule has 1 amide bonds. The van der Waals surface area contributed by atoms with Gasteiger partial charge in [-0.05, 0) is 42.1 Å². The highest BCUT2D eigenvalue weighted by atomic mass is 32.1. The zero-order valence-corrected chi connectivity index (χ0v) is 14.2. The molecule has 128 valence electrons. The van der Waals surface area contributed by atoms with Crippen LogP contribution in [-0.4, -0.2) is 18.1 Å². The van der Waals surface area contributed by atoms with Gasteiger partial charge in [-0.15, -0.1) is 0 Å². The predicted molar refractivity (Wildman–Crippen MR) is 95.6 cm³/mol. The Labute approximate surface area is 149 Å². The van der Waals surface area contributed by atoms with Gasteiger partial charge in [-0.3, -0.25) is 10.1 Å². The van der Waals surface area contributed by atoms with Gasteiger partial charge in [0, 0.05) is 5.56 Å². The second-order valence-electron chi connectivity index (χ2n) is 5.26. The molecule has 0 saturated carbocycles. The average molecular weight is 358 g/mol. The number of hydrogen-bond acceptors (Lipinski definition) is 4. The largest absolute Gasteiger partial charge is 0.493 e. The number of carbonyl (C=O) groups excluding carboxylic acids is 1. The summed E-state index contributed by atoms with van der Waals surface area (Å²) in [5.74, 6) is 0.327. The van der Waals surface area contributed by atoms with Crippen LogP contribution in [0, 0.1) is 5.82 Å². The van der Waals surface area contributed by atoms with Crippen LogP contribution in [0.4, 0.5) is 4.39 Å². The number of carbonyl (C=O) groups is 1. The molecule has 2 N–H and O–H groups in total. The van der Waals surface area contributed by atoms with E-state index in [9.17, 15) is 9.18 Å². The predicted octanol–water partition coefficient (Wildman–Crippen LogP) is 2.76. The summed E-state index contributed by atoms with van der Waals surface area (Å²) < 4.78 is 24.7. The van der Waals surface area contributed by atoms with Gasteiger partial charge in [0.05, 0.1) is 7.11 Å². The molecule has 1 aliphatic rings. The number of nitrogens with one attached hydrogen (secondary N) is 2. The molecule has 1 fully saturated rings. The molecule has 2 aromatic carbocycles. The minimum Gasteiger partial charge on any atom is -0.493 e. The maximum absolute atomic E-state index is 13.7. The molecular formula is C18H15FN2O3S. The van der Waals surface area contributed by atoms with Crippen LogP contribution in [0.15, 0.2) is 48.2 Å². The first-order valence-corrected chi connectivity index (χ1v) is 7.86. The minimum atomic E-state index is -0.333. The Morgan fingerprint density at radius 1 is 1.16 bits per heavy atom. The quantitative estimate of drug-likeness (QED) is 0.636. The molecule has 0 aromatic heterocycles. The number of hydrogen-bond donors (Lipinski definition) is 2. The zero-order chi connectivity index (χ0) is 17.8. The molecule has 1 aliphatic heterocycles. The Bertz CT molecular complexity index is 867. The van der Waals surface area contributed by atoms with Crippen molar-refractivity contribution in [1.82, 2.24) is 10.6 Å². The summed E-state index contributed by atoms with van der Waals surface area (Å²) in [7, 11) is 1.52. The fourth-order valence-electron chi connectivity index (χ4n) is 2.32. The van der Waals surface area contributed by atoms with Gasteiger partial charge in [0.2, 0.25) is 0 Å². The molecule has 25 heavy (non-hydrogen) atoms. The van der Waals surface area contributed by atoms with Gasteiger partial charge in [-0.2, -0.15) is 0 Å². The lowest BCUT2D eigenvalue weighted by atomic mass is 10.1.